The minimum absolute atomic E-state index is 0.140. The number of nitrogens with two attached hydrogens (primary N) is 1. The summed E-state index contributed by atoms with van der Waals surface area (Å²) in [6.45, 7) is 0.574. The summed E-state index contributed by atoms with van der Waals surface area (Å²) < 4.78 is 2.90. The highest BCUT2D eigenvalue weighted by atomic mass is 16.2. The molecule has 0 bridgehead atoms. The molecule has 0 spiro atoms. The monoisotopic (exact) mass is 305 g/mol. The summed E-state index contributed by atoms with van der Waals surface area (Å²) in [7, 11) is 1.53. The van der Waals surface area contributed by atoms with Gasteiger partial charge in [-0.1, -0.05) is 19.3 Å². The number of aryl methyl sites for hydroxylation is 1. The highest BCUT2D eigenvalue weighted by molar-refractivity contribution is 5.70. The number of rotatable bonds is 4. The highest BCUT2D eigenvalue weighted by Crippen LogP contribution is 2.28. The van der Waals surface area contributed by atoms with Crippen molar-refractivity contribution in [3.8, 4) is 0 Å². The summed E-state index contributed by atoms with van der Waals surface area (Å²) in [4.78, 5) is 32.5. The van der Waals surface area contributed by atoms with Gasteiger partial charge in [0.05, 0.1) is 0 Å². The number of aromatic nitrogens is 4. The lowest BCUT2D eigenvalue weighted by atomic mass is 9.95. The van der Waals surface area contributed by atoms with Crippen LogP contribution in [0.15, 0.2) is 9.59 Å². The molecule has 22 heavy (non-hydrogen) atoms. The molecular formula is C15H23N5O2. The second kappa shape index (κ2) is 6.08. The van der Waals surface area contributed by atoms with Gasteiger partial charge in [0, 0.05) is 19.5 Å². The van der Waals surface area contributed by atoms with Gasteiger partial charge in [0.1, 0.15) is 11.3 Å². The van der Waals surface area contributed by atoms with E-state index in [1.165, 1.54) is 18.0 Å². The number of imidazole rings is 1. The molecule has 7 nitrogen and oxygen atoms in total. The summed E-state index contributed by atoms with van der Waals surface area (Å²) in [5.41, 5.74) is 5.90. The predicted octanol–water partition coefficient (Wildman–Crippen LogP) is 0.820. The number of hydrogen-bond donors (Lipinski definition) is 2. The maximum Gasteiger partial charge on any atom is 0.332 e. The normalized spacial score (nSPS) is 16.5. The Labute approximate surface area is 128 Å². The average molecular weight is 305 g/mol. The van der Waals surface area contributed by atoms with E-state index in [1.807, 2.05) is 0 Å². The molecule has 2 heterocycles. The third-order valence-corrected chi connectivity index (χ3v) is 4.53. The zero-order valence-corrected chi connectivity index (χ0v) is 13.0. The van der Waals surface area contributed by atoms with Crippen molar-refractivity contribution in [3.63, 3.8) is 0 Å². The van der Waals surface area contributed by atoms with E-state index in [2.05, 4.69) is 9.97 Å². The lowest BCUT2D eigenvalue weighted by Gasteiger charge is -2.24. The van der Waals surface area contributed by atoms with Crippen molar-refractivity contribution in [2.24, 2.45) is 12.8 Å². The topological polar surface area (TPSA) is 98.7 Å². The maximum absolute atomic E-state index is 12.6. The van der Waals surface area contributed by atoms with E-state index < -0.39 is 0 Å². The predicted molar refractivity (Wildman–Crippen MR) is 85.1 cm³/mol. The molecule has 0 aromatic carbocycles. The van der Waals surface area contributed by atoms with E-state index in [0.717, 1.165) is 37.9 Å². The standard InChI is InChI=1S/C15H23N5O2/c1-19-14(21)12-13(18-11(17-12)8-5-9-16)20(15(19)22)10-6-3-2-4-7-10/h10H,2-9,16H2,1H3,(H,17,18). The van der Waals surface area contributed by atoms with Crippen LogP contribution in [-0.4, -0.2) is 25.6 Å². The van der Waals surface area contributed by atoms with Gasteiger partial charge < -0.3 is 10.7 Å². The van der Waals surface area contributed by atoms with Crippen LogP contribution in [0.1, 0.15) is 50.4 Å². The lowest BCUT2D eigenvalue weighted by Crippen LogP contribution is -2.40. The zero-order chi connectivity index (χ0) is 15.7. The molecule has 1 fully saturated rings. The number of nitrogens with zero attached hydrogens (tertiary/aromatic N) is 3. The first kappa shape index (κ1) is 15.0. The van der Waals surface area contributed by atoms with Crippen LogP contribution in [-0.2, 0) is 13.5 Å². The van der Waals surface area contributed by atoms with Gasteiger partial charge in [0.15, 0.2) is 5.65 Å². The SMILES string of the molecule is Cn1c(=O)c2[nH]c(CCCN)nc2n(C2CCCCC2)c1=O. The molecule has 1 aliphatic carbocycles. The number of fused-ring (bicyclic) bond motifs is 1. The molecule has 120 valence electrons. The first-order valence-corrected chi connectivity index (χ1v) is 8.03. The fourth-order valence-electron chi connectivity index (χ4n) is 3.30. The van der Waals surface area contributed by atoms with E-state index in [-0.39, 0.29) is 17.3 Å². The highest BCUT2D eigenvalue weighted by Gasteiger charge is 2.23. The van der Waals surface area contributed by atoms with Crippen LogP contribution in [0.25, 0.3) is 11.2 Å². The van der Waals surface area contributed by atoms with Crippen LogP contribution in [0.2, 0.25) is 0 Å². The Morgan fingerprint density at radius 2 is 2.00 bits per heavy atom. The molecule has 0 saturated heterocycles. The van der Waals surface area contributed by atoms with Crippen molar-refractivity contribution >= 4 is 11.2 Å². The zero-order valence-electron chi connectivity index (χ0n) is 13.0. The van der Waals surface area contributed by atoms with E-state index >= 15 is 0 Å². The van der Waals surface area contributed by atoms with Crippen LogP contribution in [0, 0.1) is 0 Å². The summed E-state index contributed by atoms with van der Waals surface area (Å²) in [5, 5.41) is 0. The maximum atomic E-state index is 12.6. The lowest BCUT2D eigenvalue weighted by molar-refractivity contribution is 0.345. The molecule has 0 amide bonds. The van der Waals surface area contributed by atoms with Crippen molar-refractivity contribution < 1.29 is 0 Å². The van der Waals surface area contributed by atoms with E-state index in [4.69, 9.17) is 5.73 Å². The Kier molecular flexibility index (Phi) is 4.15. The largest absolute Gasteiger partial charge is 0.336 e. The molecular weight excluding hydrogens is 282 g/mol. The second-order valence-electron chi connectivity index (χ2n) is 6.08. The first-order valence-electron chi connectivity index (χ1n) is 8.03. The molecule has 3 rings (SSSR count). The Balaban J connectivity index is 2.18. The fraction of sp³-hybridized carbons (Fsp3) is 0.667. The minimum Gasteiger partial charge on any atom is -0.336 e. The van der Waals surface area contributed by atoms with Gasteiger partial charge in [-0.2, -0.15) is 0 Å². The molecule has 0 atom stereocenters. The Hall–Kier alpha value is -1.89. The van der Waals surface area contributed by atoms with Crippen LogP contribution in [0.4, 0.5) is 0 Å². The molecule has 1 aliphatic rings. The second-order valence-corrected chi connectivity index (χ2v) is 6.08. The molecule has 0 radical (unpaired) electrons. The van der Waals surface area contributed by atoms with Crippen molar-refractivity contribution in [2.45, 2.75) is 51.0 Å². The Bertz CT molecular complexity index is 780. The Morgan fingerprint density at radius 3 is 2.68 bits per heavy atom. The number of hydrogen-bond acceptors (Lipinski definition) is 4. The summed E-state index contributed by atoms with van der Waals surface area (Å²) in [6, 6.07) is 0.140. The fourth-order valence-corrected chi connectivity index (χ4v) is 3.30. The van der Waals surface area contributed by atoms with Gasteiger partial charge in [-0.3, -0.25) is 13.9 Å². The third kappa shape index (κ3) is 2.49. The van der Waals surface area contributed by atoms with Crippen molar-refractivity contribution in [2.75, 3.05) is 6.54 Å². The quantitative estimate of drug-likeness (QED) is 0.873. The average Bonchev–Trinajstić information content (AvgIpc) is 2.96. The van der Waals surface area contributed by atoms with Crippen LogP contribution in [0.5, 0.6) is 0 Å². The molecule has 2 aromatic rings. The minimum atomic E-state index is -0.307. The van der Waals surface area contributed by atoms with Crippen molar-refractivity contribution in [1.82, 2.24) is 19.1 Å². The van der Waals surface area contributed by atoms with Gasteiger partial charge in [-0.15, -0.1) is 0 Å². The van der Waals surface area contributed by atoms with Gasteiger partial charge >= 0.3 is 5.69 Å². The third-order valence-electron chi connectivity index (χ3n) is 4.53. The molecule has 1 saturated carbocycles. The van der Waals surface area contributed by atoms with Crippen LogP contribution < -0.4 is 17.0 Å². The van der Waals surface area contributed by atoms with E-state index in [0.29, 0.717) is 24.1 Å². The number of nitrogens with one attached hydrogen (secondary N) is 1. The van der Waals surface area contributed by atoms with Gasteiger partial charge in [0.25, 0.3) is 5.56 Å². The van der Waals surface area contributed by atoms with Crippen molar-refractivity contribution in [1.29, 1.82) is 0 Å². The molecule has 0 aliphatic heterocycles. The molecule has 7 heteroatoms. The van der Waals surface area contributed by atoms with E-state index in [1.54, 1.807) is 4.57 Å². The Morgan fingerprint density at radius 1 is 1.27 bits per heavy atom. The molecule has 3 N–H and O–H groups in total. The van der Waals surface area contributed by atoms with Gasteiger partial charge in [-0.25, -0.2) is 9.78 Å². The van der Waals surface area contributed by atoms with E-state index in [9.17, 15) is 9.59 Å². The summed E-state index contributed by atoms with van der Waals surface area (Å²) >= 11 is 0. The van der Waals surface area contributed by atoms with Gasteiger partial charge in [-0.05, 0) is 25.8 Å². The van der Waals surface area contributed by atoms with Gasteiger partial charge in [0.2, 0.25) is 0 Å². The molecule has 2 aromatic heterocycles. The smallest absolute Gasteiger partial charge is 0.332 e. The summed E-state index contributed by atoms with van der Waals surface area (Å²) in [5.74, 6) is 0.729. The summed E-state index contributed by atoms with van der Waals surface area (Å²) in [6.07, 6.45) is 6.87. The van der Waals surface area contributed by atoms with Crippen LogP contribution in [0.3, 0.4) is 0 Å². The molecule has 0 unspecified atom stereocenters. The van der Waals surface area contributed by atoms with Crippen molar-refractivity contribution in [3.05, 3.63) is 26.7 Å². The number of aromatic amines is 1. The van der Waals surface area contributed by atoms with Crippen LogP contribution >= 0.6 is 0 Å². The first-order chi connectivity index (χ1) is 10.6. The number of H-pyrrole nitrogens is 1.